The number of para-hydroxylation sites is 1. The Hall–Kier alpha value is -1.19. The minimum Gasteiger partial charge on any atom is -0.384 e. The van der Waals surface area contributed by atoms with E-state index in [0.29, 0.717) is 11.3 Å². The van der Waals surface area contributed by atoms with Crippen molar-refractivity contribution < 1.29 is 17.9 Å². The SMILES string of the molecule is CN1c2ccccc2C(O)c2cc(F)c(I)cc2S1(=O)=O. The fourth-order valence-electron chi connectivity index (χ4n) is 2.43. The molecular formula is C14H11FINO3S. The summed E-state index contributed by atoms with van der Waals surface area (Å²) in [5.41, 5.74) is 0.879. The molecule has 1 aliphatic heterocycles. The standard InChI is InChI=1S/C14H11FINO3S/c1-17-12-5-3-2-4-8(12)14(18)9-6-10(15)11(16)7-13(9)21(17,19)20/h2-7,14,18H,1H3. The molecule has 110 valence electrons. The predicted molar refractivity (Wildman–Crippen MR) is 85.2 cm³/mol. The summed E-state index contributed by atoms with van der Waals surface area (Å²) in [6, 6.07) is 9.00. The van der Waals surface area contributed by atoms with Crippen LogP contribution in [0.4, 0.5) is 10.1 Å². The van der Waals surface area contributed by atoms with E-state index < -0.39 is 21.9 Å². The maximum absolute atomic E-state index is 13.8. The van der Waals surface area contributed by atoms with Crippen molar-refractivity contribution in [3.8, 4) is 0 Å². The van der Waals surface area contributed by atoms with Gasteiger partial charge in [0.2, 0.25) is 0 Å². The van der Waals surface area contributed by atoms with Gasteiger partial charge in [-0.25, -0.2) is 12.8 Å². The van der Waals surface area contributed by atoms with Crippen molar-refractivity contribution in [1.82, 2.24) is 0 Å². The van der Waals surface area contributed by atoms with E-state index in [4.69, 9.17) is 0 Å². The van der Waals surface area contributed by atoms with Crippen LogP contribution in [0.25, 0.3) is 0 Å². The van der Waals surface area contributed by atoms with Gasteiger partial charge < -0.3 is 5.11 Å². The van der Waals surface area contributed by atoms with Gasteiger partial charge in [-0.2, -0.15) is 0 Å². The van der Waals surface area contributed by atoms with E-state index >= 15 is 0 Å². The van der Waals surface area contributed by atoms with E-state index in [0.717, 1.165) is 10.4 Å². The lowest BCUT2D eigenvalue weighted by atomic mass is 10.00. The maximum Gasteiger partial charge on any atom is 0.264 e. The molecule has 0 saturated carbocycles. The summed E-state index contributed by atoms with van der Waals surface area (Å²) < 4.78 is 40.5. The quantitative estimate of drug-likeness (QED) is 0.669. The Morgan fingerprint density at radius 1 is 1.24 bits per heavy atom. The van der Waals surface area contributed by atoms with E-state index in [1.807, 2.05) is 0 Å². The normalized spacial score (nSPS) is 19.6. The molecule has 1 aliphatic rings. The summed E-state index contributed by atoms with van der Waals surface area (Å²) in [5, 5.41) is 10.5. The van der Waals surface area contributed by atoms with Crippen LogP contribution in [0.3, 0.4) is 0 Å². The predicted octanol–water partition coefficient (Wildman–Crippen LogP) is 2.65. The number of fused-ring (bicyclic) bond motifs is 2. The van der Waals surface area contributed by atoms with Crippen LogP contribution in [0.2, 0.25) is 0 Å². The summed E-state index contributed by atoms with van der Waals surface area (Å²) in [5.74, 6) is -0.550. The lowest BCUT2D eigenvalue weighted by Crippen LogP contribution is -2.26. The molecule has 2 aromatic carbocycles. The zero-order valence-electron chi connectivity index (χ0n) is 10.9. The molecule has 7 heteroatoms. The number of aliphatic hydroxyl groups is 1. The number of rotatable bonds is 0. The van der Waals surface area contributed by atoms with Gasteiger partial charge in [-0.15, -0.1) is 0 Å². The smallest absolute Gasteiger partial charge is 0.264 e. The van der Waals surface area contributed by atoms with Crippen molar-refractivity contribution >= 4 is 38.3 Å². The van der Waals surface area contributed by atoms with Crippen molar-refractivity contribution in [2.24, 2.45) is 0 Å². The molecule has 0 aromatic heterocycles. The van der Waals surface area contributed by atoms with Gasteiger partial charge in [0, 0.05) is 18.2 Å². The maximum atomic E-state index is 13.8. The first-order valence-electron chi connectivity index (χ1n) is 6.09. The second-order valence-corrected chi connectivity index (χ2v) is 7.84. The fraction of sp³-hybridized carbons (Fsp3) is 0.143. The molecule has 0 radical (unpaired) electrons. The highest BCUT2D eigenvalue weighted by atomic mass is 127. The molecule has 1 N–H and O–H groups in total. The second kappa shape index (κ2) is 4.92. The average molecular weight is 419 g/mol. The van der Waals surface area contributed by atoms with Gasteiger partial charge in [-0.3, -0.25) is 4.31 Å². The van der Waals surface area contributed by atoms with Gasteiger partial charge in [0.1, 0.15) is 11.9 Å². The summed E-state index contributed by atoms with van der Waals surface area (Å²) >= 11 is 1.73. The largest absolute Gasteiger partial charge is 0.384 e. The first-order chi connectivity index (χ1) is 9.84. The number of anilines is 1. The first kappa shape index (κ1) is 14.7. The Labute approximate surface area is 135 Å². The Balaban J connectivity index is 2.42. The van der Waals surface area contributed by atoms with Crippen LogP contribution in [0, 0.1) is 9.39 Å². The van der Waals surface area contributed by atoms with Crippen LogP contribution < -0.4 is 4.31 Å². The first-order valence-corrected chi connectivity index (χ1v) is 8.61. The zero-order valence-corrected chi connectivity index (χ0v) is 13.9. The topological polar surface area (TPSA) is 57.6 Å². The van der Waals surface area contributed by atoms with Crippen LogP contribution >= 0.6 is 22.6 Å². The van der Waals surface area contributed by atoms with Crippen LogP contribution in [0.1, 0.15) is 17.2 Å². The minimum absolute atomic E-state index is 0.0599. The molecule has 0 aliphatic carbocycles. The Bertz CT molecular complexity index is 838. The van der Waals surface area contributed by atoms with E-state index in [-0.39, 0.29) is 14.0 Å². The summed E-state index contributed by atoms with van der Waals surface area (Å²) in [7, 11) is -2.42. The van der Waals surface area contributed by atoms with Crippen LogP contribution in [0.15, 0.2) is 41.3 Å². The van der Waals surface area contributed by atoms with Crippen molar-refractivity contribution in [3.63, 3.8) is 0 Å². The molecule has 21 heavy (non-hydrogen) atoms. The Kier molecular flexibility index (Phi) is 3.45. The third kappa shape index (κ3) is 2.14. The van der Waals surface area contributed by atoms with Gasteiger partial charge in [0.05, 0.1) is 14.2 Å². The average Bonchev–Trinajstić information content (AvgIpc) is 2.52. The molecule has 3 rings (SSSR count). The summed E-state index contributed by atoms with van der Waals surface area (Å²) in [6.07, 6.45) is -1.19. The van der Waals surface area contributed by atoms with Gasteiger partial charge in [-0.05, 0) is 40.8 Å². The fourth-order valence-corrected chi connectivity index (χ4v) is 4.56. The Morgan fingerprint density at radius 2 is 1.90 bits per heavy atom. The van der Waals surface area contributed by atoms with Crippen molar-refractivity contribution in [2.75, 3.05) is 11.4 Å². The molecule has 1 atom stereocenters. The van der Waals surface area contributed by atoms with E-state index in [9.17, 15) is 17.9 Å². The summed E-state index contributed by atoms with van der Waals surface area (Å²) in [4.78, 5) is -0.0699. The molecule has 0 fully saturated rings. The highest BCUT2D eigenvalue weighted by Gasteiger charge is 2.34. The van der Waals surface area contributed by atoms with Crippen LogP contribution in [-0.4, -0.2) is 20.6 Å². The minimum atomic E-state index is -3.84. The number of hydrogen-bond acceptors (Lipinski definition) is 3. The molecule has 4 nitrogen and oxygen atoms in total. The molecule has 1 unspecified atom stereocenters. The highest BCUT2D eigenvalue weighted by molar-refractivity contribution is 14.1. The lowest BCUT2D eigenvalue weighted by Gasteiger charge is -2.19. The van der Waals surface area contributed by atoms with E-state index in [1.165, 1.54) is 13.1 Å². The molecule has 2 aromatic rings. The van der Waals surface area contributed by atoms with Crippen molar-refractivity contribution in [1.29, 1.82) is 0 Å². The van der Waals surface area contributed by atoms with Gasteiger partial charge >= 0.3 is 0 Å². The number of hydrogen-bond donors (Lipinski definition) is 1. The molecule has 0 spiro atoms. The van der Waals surface area contributed by atoms with Crippen molar-refractivity contribution in [3.05, 3.63) is 56.9 Å². The third-order valence-electron chi connectivity index (χ3n) is 3.56. The highest BCUT2D eigenvalue weighted by Crippen LogP contribution is 2.40. The third-order valence-corrected chi connectivity index (χ3v) is 6.21. The van der Waals surface area contributed by atoms with Crippen LogP contribution in [-0.2, 0) is 10.0 Å². The monoisotopic (exact) mass is 419 g/mol. The molecule has 0 amide bonds. The number of aliphatic hydroxyl groups excluding tert-OH is 1. The van der Waals surface area contributed by atoms with Gasteiger partial charge in [0.25, 0.3) is 10.0 Å². The molecule has 0 bridgehead atoms. The molecule has 1 heterocycles. The number of halogens is 2. The Morgan fingerprint density at radius 3 is 2.62 bits per heavy atom. The number of benzene rings is 2. The van der Waals surface area contributed by atoms with Crippen molar-refractivity contribution in [2.45, 2.75) is 11.0 Å². The van der Waals surface area contributed by atoms with Crippen LogP contribution in [0.5, 0.6) is 0 Å². The van der Waals surface area contributed by atoms with E-state index in [1.54, 1.807) is 46.9 Å². The molecule has 0 saturated heterocycles. The lowest BCUT2D eigenvalue weighted by molar-refractivity contribution is 0.217. The van der Waals surface area contributed by atoms with E-state index in [2.05, 4.69) is 0 Å². The zero-order chi connectivity index (χ0) is 15.4. The van der Waals surface area contributed by atoms with Gasteiger partial charge in [-0.1, -0.05) is 18.2 Å². The summed E-state index contributed by atoms with van der Waals surface area (Å²) in [6.45, 7) is 0. The number of sulfonamides is 1. The number of nitrogens with zero attached hydrogens (tertiary/aromatic N) is 1. The molecular weight excluding hydrogens is 408 g/mol. The second-order valence-electron chi connectivity index (χ2n) is 4.74. The van der Waals surface area contributed by atoms with Gasteiger partial charge in [0.15, 0.2) is 0 Å².